The molecular weight excluding hydrogens is 228 g/mol. The van der Waals surface area contributed by atoms with Crippen LogP contribution in [-0.2, 0) is 4.79 Å². The summed E-state index contributed by atoms with van der Waals surface area (Å²) in [7, 11) is 0. The number of hydrogen-bond donors (Lipinski definition) is 2. The molecular formula is C14H20N2O2. The standard InChI is InChI=1S/C14H20N2O2/c1-3-4-9(2)14(15)10-5-6-12-11(7-10)16-13(17)8-18-12/h5-7,9,14H,3-4,8,15H2,1-2H3,(H,16,17). The first-order chi connectivity index (χ1) is 8.61. The fourth-order valence-electron chi connectivity index (χ4n) is 2.27. The largest absolute Gasteiger partial charge is 0.482 e. The first-order valence-corrected chi connectivity index (χ1v) is 6.44. The molecule has 1 heterocycles. The molecule has 4 heteroatoms. The van der Waals surface area contributed by atoms with E-state index in [4.69, 9.17) is 10.5 Å². The number of anilines is 1. The maximum atomic E-state index is 11.3. The minimum Gasteiger partial charge on any atom is -0.482 e. The van der Waals surface area contributed by atoms with Crippen LogP contribution < -0.4 is 15.8 Å². The van der Waals surface area contributed by atoms with E-state index in [1.807, 2.05) is 18.2 Å². The van der Waals surface area contributed by atoms with E-state index >= 15 is 0 Å². The van der Waals surface area contributed by atoms with E-state index in [1.165, 1.54) is 0 Å². The van der Waals surface area contributed by atoms with Crippen LogP contribution in [0.3, 0.4) is 0 Å². The number of carbonyl (C=O) groups excluding carboxylic acids is 1. The summed E-state index contributed by atoms with van der Waals surface area (Å²) in [5.74, 6) is 1.02. The van der Waals surface area contributed by atoms with E-state index in [0.717, 1.165) is 24.1 Å². The topological polar surface area (TPSA) is 64.3 Å². The van der Waals surface area contributed by atoms with E-state index in [-0.39, 0.29) is 18.6 Å². The average Bonchev–Trinajstić information content (AvgIpc) is 2.37. The van der Waals surface area contributed by atoms with Gasteiger partial charge in [-0.1, -0.05) is 26.3 Å². The highest BCUT2D eigenvalue weighted by molar-refractivity contribution is 5.95. The van der Waals surface area contributed by atoms with Crippen LogP contribution >= 0.6 is 0 Å². The van der Waals surface area contributed by atoms with E-state index in [0.29, 0.717) is 11.7 Å². The Bertz CT molecular complexity index is 445. The number of nitrogens with two attached hydrogens (primary N) is 1. The number of benzene rings is 1. The molecule has 0 aliphatic carbocycles. The lowest BCUT2D eigenvalue weighted by Crippen LogP contribution is -2.26. The Labute approximate surface area is 108 Å². The Morgan fingerprint density at radius 1 is 1.50 bits per heavy atom. The Morgan fingerprint density at radius 2 is 2.28 bits per heavy atom. The van der Waals surface area contributed by atoms with Crippen LogP contribution in [0.1, 0.15) is 38.3 Å². The van der Waals surface area contributed by atoms with Gasteiger partial charge in [0.1, 0.15) is 5.75 Å². The molecule has 1 aromatic rings. The zero-order valence-electron chi connectivity index (χ0n) is 10.9. The molecule has 98 valence electrons. The van der Waals surface area contributed by atoms with E-state index in [2.05, 4.69) is 19.2 Å². The van der Waals surface area contributed by atoms with Crippen LogP contribution in [-0.4, -0.2) is 12.5 Å². The fraction of sp³-hybridized carbons (Fsp3) is 0.500. The van der Waals surface area contributed by atoms with Gasteiger partial charge in [0.25, 0.3) is 5.91 Å². The number of amides is 1. The SMILES string of the molecule is CCCC(C)C(N)c1ccc2c(c1)NC(=O)CO2. The summed E-state index contributed by atoms with van der Waals surface area (Å²) in [5.41, 5.74) is 8.01. The Kier molecular flexibility index (Phi) is 3.87. The fourth-order valence-corrected chi connectivity index (χ4v) is 2.27. The van der Waals surface area contributed by atoms with E-state index in [9.17, 15) is 4.79 Å². The number of rotatable bonds is 4. The predicted molar refractivity (Wildman–Crippen MR) is 71.6 cm³/mol. The number of carbonyl (C=O) groups is 1. The minimum absolute atomic E-state index is 0.00548. The van der Waals surface area contributed by atoms with Crippen LogP contribution in [0.2, 0.25) is 0 Å². The summed E-state index contributed by atoms with van der Waals surface area (Å²) < 4.78 is 5.33. The van der Waals surface area contributed by atoms with Crippen LogP contribution in [0.15, 0.2) is 18.2 Å². The third kappa shape index (κ3) is 2.64. The molecule has 18 heavy (non-hydrogen) atoms. The van der Waals surface area contributed by atoms with Crippen molar-refractivity contribution in [1.82, 2.24) is 0 Å². The van der Waals surface area contributed by atoms with Gasteiger partial charge in [0.15, 0.2) is 6.61 Å². The highest BCUT2D eigenvalue weighted by Crippen LogP contribution is 2.32. The zero-order chi connectivity index (χ0) is 13.1. The van der Waals surface area contributed by atoms with Crippen LogP contribution in [0, 0.1) is 5.92 Å². The molecule has 0 saturated heterocycles. The van der Waals surface area contributed by atoms with Crippen molar-refractivity contribution in [2.75, 3.05) is 11.9 Å². The van der Waals surface area contributed by atoms with Crippen molar-refractivity contribution < 1.29 is 9.53 Å². The maximum Gasteiger partial charge on any atom is 0.262 e. The van der Waals surface area contributed by atoms with Crippen molar-refractivity contribution >= 4 is 11.6 Å². The van der Waals surface area contributed by atoms with Gasteiger partial charge in [0, 0.05) is 6.04 Å². The van der Waals surface area contributed by atoms with Gasteiger partial charge in [-0.25, -0.2) is 0 Å². The molecule has 0 fully saturated rings. The molecule has 0 spiro atoms. The Balaban J connectivity index is 2.20. The third-order valence-electron chi connectivity index (χ3n) is 3.38. The molecule has 4 nitrogen and oxygen atoms in total. The average molecular weight is 248 g/mol. The van der Waals surface area contributed by atoms with E-state index in [1.54, 1.807) is 0 Å². The Hall–Kier alpha value is -1.55. The van der Waals surface area contributed by atoms with Gasteiger partial charge in [-0.15, -0.1) is 0 Å². The second kappa shape index (κ2) is 5.40. The summed E-state index contributed by atoms with van der Waals surface area (Å²) in [6.07, 6.45) is 2.22. The monoisotopic (exact) mass is 248 g/mol. The molecule has 3 N–H and O–H groups in total. The normalized spacial score (nSPS) is 17.4. The van der Waals surface area contributed by atoms with Gasteiger partial charge in [-0.2, -0.15) is 0 Å². The van der Waals surface area contributed by atoms with Gasteiger partial charge in [0.05, 0.1) is 5.69 Å². The third-order valence-corrected chi connectivity index (χ3v) is 3.38. The molecule has 2 unspecified atom stereocenters. The smallest absolute Gasteiger partial charge is 0.262 e. The highest BCUT2D eigenvalue weighted by Gasteiger charge is 2.19. The second-order valence-electron chi connectivity index (χ2n) is 4.88. The molecule has 0 saturated carbocycles. The summed E-state index contributed by atoms with van der Waals surface area (Å²) >= 11 is 0. The van der Waals surface area contributed by atoms with Crippen molar-refractivity contribution in [2.24, 2.45) is 11.7 Å². The lowest BCUT2D eigenvalue weighted by atomic mass is 9.91. The maximum absolute atomic E-state index is 11.3. The molecule has 0 aromatic heterocycles. The predicted octanol–water partition coefficient (Wildman–Crippen LogP) is 2.45. The van der Waals surface area contributed by atoms with Crippen LogP contribution in [0.25, 0.3) is 0 Å². The van der Waals surface area contributed by atoms with Crippen molar-refractivity contribution in [3.05, 3.63) is 23.8 Å². The lowest BCUT2D eigenvalue weighted by Gasteiger charge is -2.23. The van der Waals surface area contributed by atoms with Crippen LogP contribution in [0.5, 0.6) is 5.75 Å². The number of nitrogens with one attached hydrogen (secondary N) is 1. The molecule has 2 atom stereocenters. The summed E-state index contributed by atoms with van der Waals surface area (Å²) in [4.78, 5) is 11.3. The van der Waals surface area contributed by atoms with Gasteiger partial charge in [-0.05, 0) is 30.0 Å². The summed E-state index contributed by atoms with van der Waals surface area (Å²) in [6.45, 7) is 4.40. The van der Waals surface area contributed by atoms with Crippen molar-refractivity contribution in [1.29, 1.82) is 0 Å². The first kappa shape index (κ1) is 12.9. The molecule has 0 bridgehead atoms. The van der Waals surface area contributed by atoms with Gasteiger partial charge < -0.3 is 15.8 Å². The highest BCUT2D eigenvalue weighted by atomic mass is 16.5. The molecule has 1 aliphatic heterocycles. The van der Waals surface area contributed by atoms with Gasteiger partial charge in [-0.3, -0.25) is 4.79 Å². The number of ether oxygens (including phenoxy) is 1. The first-order valence-electron chi connectivity index (χ1n) is 6.44. The minimum atomic E-state index is -0.116. The van der Waals surface area contributed by atoms with Crippen molar-refractivity contribution in [3.63, 3.8) is 0 Å². The molecule has 1 aromatic carbocycles. The van der Waals surface area contributed by atoms with E-state index < -0.39 is 0 Å². The molecule has 2 rings (SSSR count). The van der Waals surface area contributed by atoms with Crippen molar-refractivity contribution in [2.45, 2.75) is 32.7 Å². The van der Waals surface area contributed by atoms with Crippen LogP contribution in [0.4, 0.5) is 5.69 Å². The number of hydrogen-bond acceptors (Lipinski definition) is 3. The van der Waals surface area contributed by atoms with Gasteiger partial charge >= 0.3 is 0 Å². The Morgan fingerprint density at radius 3 is 3.00 bits per heavy atom. The lowest BCUT2D eigenvalue weighted by molar-refractivity contribution is -0.118. The second-order valence-corrected chi connectivity index (χ2v) is 4.88. The zero-order valence-corrected chi connectivity index (χ0v) is 10.9. The molecule has 1 aliphatic rings. The quantitative estimate of drug-likeness (QED) is 0.860. The molecule has 1 amide bonds. The van der Waals surface area contributed by atoms with Gasteiger partial charge in [0.2, 0.25) is 0 Å². The van der Waals surface area contributed by atoms with Crippen molar-refractivity contribution in [3.8, 4) is 5.75 Å². The molecule has 0 radical (unpaired) electrons. The summed E-state index contributed by atoms with van der Waals surface area (Å²) in [5, 5.41) is 2.81. The summed E-state index contributed by atoms with van der Waals surface area (Å²) in [6, 6.07) is 5.77. The number of fused-ring (bicyclic) bond motifs is 1.